The van der Waals surface area contributed by atoms with Crippen molar-refractivity contribution in [2.75, 3.05) is 12.4 Å². The van der Waals surface area contributed by atoms with Gasteiger partial charge in [-0.3, -0.25) is 4.79 Å². The van der Waals surface area contributed by atoms with Crippen LogP contribution in [-0.2, 0) is 0 Å². The van der Waals surface area contributed by atoms with Gasteiger partial charge in [0.05, 0.1) is 5.51 Å². The molecule has 0 aromatic carbocycles. The third-order valence-electron chi connectivity index (χ3n) is 3.24. The molecule has 0 unspecified atom stereocenters. The van der Waals surface area contributed by atoms with Gasteiger partial charge in [-0.2, -0.15) is 0 Å². The zero-order valence-electron chi connectivity index (χ0n) is 9.04. The molecule has 1 aromatic rings. The predicted octanol–water partition coefficient (Wildman–Crippen LogP) is 2.67. The number of hydrogen-bond acceptors (Lipinski definition) is 3. The number of thiazole rings is 1. The third-order valence-corrected chi connectivity index (χ3v) is 4.39. The molecule has 1 saturated carbocycles. The standard InChI is InChI=1S/C11H15ClN2OS/c12-6-11(3-1-2-4-11)7-13-10(15)9-5-16-8-14-9/h5,8H,1-4,6-7H2,(H,13,15). The van der Waals surface area contributed by atoms with Gasteiger partial charge in [0.1, 0.15) is 5.69 Å². The molecule has 1 N–H and O–H groups in total. The SMILES string of the molecule is O=C(NCC1(CCl)CCCC1)c1cscn1. The van der Waals surface area contributed by atoms with Crippen LogP contribution in [0, 0.1) is 5.41 Å². The lowest BCUT2D eigenvalue weighted by molar-refractivity contribution is 0.0931. The lowest BCUT2D eigenvalue weighted by Crippen LogP contribution is -2.37. The molecule has 1 aliphatic carbocycles. The Morgan fingerprint density at radius 3 is 2.88 bits per heavy atom. The molecule has 1 heterocycles. The Morgan fingerprint density at radius 1 is 1.56 bits per heavy atom. The Balaban J connectivity index is 1.89. The average molecular weight is 259 g/mol. The van der Waals surface area contributed by atoms with Crippen molar-refractivity contribution in [2.45, 2.75) is 25.7 Å². The quantitative estimate of drug-likeness (QED) is 0.844. The molecule has 2 rings (SSSR count). The topological polar surface area (TPSA) is 42.0 Å². The van der Waals surface area contributed by atoms with Crippen molar-refractivity contribution in [1.82, 2.24) is 10.3 Å². The molecule has 0 atom stereocenters. The summed E-state index contributed by atoms with van der Waals surface area (Å²) in [4.78, 5) is 15.7. The predicted molar refractivity (Wildman–Crippen MR) is 66.1 cm³/mol. The van der Waals surface area contributed by atoms with Crippen LogP contribution in [0.2, 0.25) is 0 Å². The van der Waals surface area contributed by atoms with E-state index in [2.05, 4.69) is 10.3 Å². The van der Waals surface area contributed by atoms with Crippen LogP contribution in [0.1, 0.15) is 36.2 Å². The summed E-state index contributed by atoms with van der Waals surface area (Å²) in [7, 11) is 0. The van der Waals surface area contributed by atoms with E-state index < -0.39 is 0 Å². The molecule has 1 amide bonds. The van der Waals surface area contributed by atoms with Crippen LogP contribution in [0.4, 0.5) is 0 Å². The van der Waals surface area contributed by atoms with Crippen molar-refractivity contribution in [1.29, 1.82) is 0 Å². The van der Waals surface area contributed by atoms with E-state index in [1.165, 1.54) is 24.2 Å². The van der Waals surface area contributed by atoms with Gasteiger partial charge in [0.2, 0.25) is 0 Å². The third kappa shape index (κ3) is 2.55. The summed E-state index contributed by atoms with van der Waals surface area (Å²) in [6.07, 6.45) is 4.68. The summed E-state index contributed by atoms with van der Waals surface area (Å²) in [5, 5.41) is 4.70. The van der Waals surface area contributed by atoms with E-state index in [-0.39, 0.29) is 11.3 Å². The van der Waals surface area contributed by atoms with Gasteiger partial charge in [0.15, 0.2) is 0 Å². The smallest absolute Gasteiger partial charge is 0.270 e. The molecule has 16 heavy (non-hydrogen) atoms. The van der Waals surface area contributed by atoms with Crippen LogP contribution >= 0.6 is 22.9 Å². The fourth-order valence-corrected chi connectivity index (χ4v) is 3.06. The summed E-state index contributed by atoms with van der Waals surface area (Å²) in [5.41, 5.74) is 2.29. The van der Waals surface area contributed by atoms with Gasteiger partial charge in [-0.15, -0.1) is 22.9 Å². The van der Waals surface area contributed by atoms with Gasteiger partial charge in [-0.05, 0) is 12.8 Å². The average Bonchev–Trinajstić information content (AvgIpc) is 2.98. The lowest BCUT2D eigenvalue weighted by atomic mass is 9.88. The van der Waals surface area contributed by atoms with Crippen LogP contribution < -0.4 is 5.32 Å². The van der Waals surface area contributed by atoms with E-state index in [9.17, 15) is 4.79 Å². The zero-order chi connectivity index (χ0) is 11.4. The van der Waals surface area contributed by atoms with E-state index >= 15 is 0 Å². The molecule has 1 fully saturated rings. The lowest BCUT2D eigenvalue weighted by Gasteiger charge is -2.26. The normalized spacial score (nSPS) is 18.6. The minimum Gasteiger partial charge on any atom is -0.350 e. The fraction of sp³-hybridized carbons (Fsp3) is 0.636. The number of aromatic nitrogens is 1. The summed E-state index contributed by atoms with van der Waals surface area (Å²) in [6, 6.07) is 0. The minimum absolute atomic E-state index is 0.0855. The zero-order valence-corrected chi connectivity index (χ0v) is 10.6. The summed E-state index contributed by atoms with van der Waals surface area (Å²) in [6.45, 7) is 0.673. The summed E-state index contributed by atoms with van der Waals surface area (Å²) < 4.78 is 0. The molecular formula is C11H15ClN2OS. The molecular weight excluding hydrogens is 244 g/mol. The minimum atomic E-state index is -0.0855. The number of nitrogens with one attached hydrogen (secondary N) is 1. The molecule has 3 nitrogen and oxygen atoms in total. The van der Waals surface area contributed by atoms with Gasteiger partial charge in [0.25, 0.3) is 5.91 Å². The summed E-state index contributed by atoms with van der Waals surface area (Å²) in [5.74, 6) is 0.544. The second-order valence-electron chi connectivity index (χ2n) is 4.40. The molecule has 0 aliphatic heterocycles. The van der Waals surface area contributed by atoms with Crippen molar-refractivity contribution in [3.63, 3.8) is 0 Å². The van der Waals surface area contributed by atoms with Crippen molar-refractivity contribution in [2.24, 2.45) is 5.41 Å². The Morgan fingerprint density at radius 2 is 2.31 bits per heavy atom. The first-order valence-corrected chi connectivity index (χ1v) is 6.96. The van der Waals surface area contributed by atoms with E-state index in [0.29, 0.717) is 18.1 Å². The number of rotatable bonds is 4. The Kier molecular flexibility index (Phi) is 3.82. The number of carbonyl (C=O) groups is 1. The van der Waals surface area contributed by atoms with Crippen LogP contribution in [-0.4, -0.2) is 23.3 Å². The molecule has 5 heteroatoms. The second kappa shape index (κ2) is 5.15. The monoisotopic (exact) mass is 258 g/mol. The maximum atomic E-state index is 11.7. The number of nitrogens with zero attached hydrogens (tertiary/aromatic N) is 1. The van der Waals surface area contributed by atoms with Crippen molar-refractivity contribution in [3.05, 3.63) is 16.6 Å². The van der Waals surface area contributed by atoms with Gasteiger partial charge in [0, 0.05) is 23.2 Å². The highest BCUT2D eigenvalue weighted by Crippen LogP contribution is 2.38. The van der Waals surface area contributed by atoms with Crippen LogP contribution in [0.5, 0.6) is 0 Å². The molecule has 0 spiro atoms. The number of hydrogen-bond donors (Lipinski definition) is 1. The van der Waals surface area contributed by atoms with E-state index in [1.54, 1.807) is 10.9 Å². The second-order valence-corrected chi connectivity index (χ2v) is 5.38. The fourth-order valence-electron chi connectivity index (χ4n) is 2.17. The highest BCUT2D eigenvalue weighted by Gasteiger charge is 2.33. The van der Waals surface area contributed by atoms with Gasteiger partial charge in [-0.1, -0.05) is 12.8 Å². The van der Waals surface area contributed by atoms with Gasteiger partial charge in [-0.25, -0.2) is 4.98 Å². The highest BCUT2D eigenvalue weighted by molar-refractivity contribution is 7.07. The Labute approximate surface area is 104 Å². The van der Waals surface area contributed by atoms with Crippen LogP contribution in [0.3, 0.4) is 0 Å². The van der Waals surface area contributed by atoms with E-state index in [0.717, 1.165) is 12.8 Å². The number of carbonyl (C=O) groups excluding carboxylic acids is 1. The number of halogens is 1. The first-order chi connectivity index (χ1) is 7.76. The molecule has 0 bridgehead atoms. The molecule has 88 valence electrons. The molecule has 0 radical (unpaired) electrons. The molecule has 0 saturated heterocycles. The maximum absolute atomic E-state index is 11.7. The maximum Gasteiger partial charge on any atom is 0.270 e. The molecule has 1 aliphatic rings. The van der Waals surface area contributed by atoms with Gasteiger partial charge < -0.3 is 5.32 Å². The molecule has 1 aromatic heterocycles. The van der Waals surface area contributed by atoms with Crippen LogP contribution in [0.15, 0.2) is 10.9 Å². The van der Waals surface area contributed by atoms with Crippen molar-refractivity contribution in [3.8, 4) is 0 Å². The van der Waals surface area contributed by atoms with Crippen molar-refractivity contribution >= 4 is 28.8 Å². The number of alkyl halides is 1. The largest absolute Gasteiger partial charge is 0.350 e. The summed E-state index contributed by atoms with van der Waals surface area (Å²) >= 11 is 7.44. The first-order valence-electron chi connectivity index (χ1n) is 5.48. The van der Waals surface area contributed by atoms with Crippen molar-refractivity contribution < 1.29 is 4.79 Å². The first kappa shape index (κ1) is 11.9. The Bertz CT molecular complexity index is 347. The van der Waals surface area contributed by atoms with Crippen LogP contribution in [0.25, 0.3) is 0 Å². The van der Waals surface area contributed by atoms with E-state index in [4.69, 9.17) is 11.6 Å². The Hall–Kier alpha value is -0.610. The van der Waals surface area contributed by atoms with Gasteiger partial charge >= 0.3 is 0 Å². The number of amides is 1. The highest BCUT2D eigenvalue weighted by atomic mass is 35.5. The van der Waals surface area contributed by atoms with E-state index in [1.807, 2.05) is 0 Å².